The fourth-order valence-electron chi connectivity index (χ4n) is 2.07. The highest BCUT2D eigenvalue weighted by Gasteiger charge is 2.29. The van der Waals surface area contributed by atoms with E-state index in [0.29, 0.717) is 5.69 Å². The SMILES string of the molecule is CNCC(=O)Nc1cccc(S(=O)(=O)N2CCNC(=O)C2)c1.Cl. The summed E-state index contributed by atoms with van der Waals surface area (Å²) in [4.78, 5) is 22.9. The van der Waals surface area contributed by atoms with Crippen LogP contribution >= 0.6 is 12.4 Å². The van der Waals surface area contributed by atoms with Crippen molar-refractivity contribution in [1.29, 1.82) is 0 Å². The van der Waals surface area contributed by atoms with Crippen LogP contribution in [0.5, 0.6) is 0 Å². The van der Waals surface area contributed by atoms with Crippen LogP contribution in [0, 0.1) is 0 Å². The third kappa shape index (κ3) is 4.90. The summed E-state index contributed by atoms with van der Waals surface area (Å²) in [7, 11) is -2.12. The maximum absolute atomic E-state index is 12.5. The number of anilines is 1. The number of sulfonamides is 1. The first-order valence-electron chi connectivity index (χ1n) is 6.75. The largest absolute Gasteiger partial charge is 0.354 e. The zero-order valence-electron chi connectivity index (χ0n) is 12.5. The molecule has 0 aliphatic carbocycles. The van der Waals surface area contributed by atoms with Crippen LogP contribution in [0.15, 0.2) is 29.2 Å². The summed E-state index contributed by atoms with van der Waals surface area (Å²) >= 11 is 0. The van der Waals surface area contributed by atoms with Crippen molar-refractivity contribution in [2.75, 3.05) is 38.5 Å². The lowest BCUT2D eigenvalue weighted by molar-refractivity contribution is -0.122. The molecule has 0 bridgehead atoms. The number of amides is 2. The number of hydrogen-bond donors (Lipinski definition) is 3. The summed E-state index contributed by atoms with van der Waals surface area (Å²) < 4.78 is 26.2. The number of piperazine rings is 1. The van der Waals surface area contributed by atoms with Crippen LogP contribution in [-0.2, 0) is 19.6 Å². The molecule has 2 amide bonds. The second-order valence-electron chi connectivity index (χ2n) is 4.79. The lowest BCUT2D eigenvalue weighted by atomic mass is 10.3. The molecule has 2 rings (SSSR count). The molecule has 23 heavy (non-hydrogen) atoms. The van der Waals surface area contributed by atoms with Gasteiger partial charge < -0.3 is 16.0 Å². The molecular weight excluding hydrogens is 344 g/mol. The van der Waals surface area contributed by atoms with Crippen LogP contribution in [0.3, 0.4) is 0 Å². The molecule has 128 valence electrons. The summed E-state index contributed by atoms with van der Waals surface area (Å²) in [5.74, 6) is -0.595. The highest BCUT2D eigenvalue weighted by Crippen LogP contribution is 2.20. The molecule has 3 N–H and O–H groups in total. The number of benzene rings is 1. The number of nitrogens with one attached hydrogen (secondary N) is 3. The summed E-state index contributed by atoms with van der Waals surface area (Å²) in [6, 6.07) is 5.98. The lowest BCUT2D eigenvalue weighted by Gasteiger charge is -2.26. The molecule has 1 saturated heterocycles. The van der Waals surface area contributed by atoms with Crippen molar-refractivity contribution in [2.45, 2.75) is 4.90 Å². The van der Waals surface area contributed by atoms with Gasteiger partial charge in [-0.1, -0.05) is 6.07 Å². The molecule has 0 unspecified atom stereocenters. The third-order valence-electron chi connectivity index (χ3n) is 3.10. The Bertz CT molecular complexity index is 680. The highest BCUT2D eigenvalue weighted by molar-refractivity contribution is 7.89. The first kappa shape index (κ1) is 19.4. The zero-order valence-corrected chi connectivity index (χ0v) is 14.2. The number of nitrogens with zero attached hydrogens (tertiary/aromatic N) is 1. The average Bonchev–Trinajstić information content (AvgIpc) is 2.47. The van der Waals surface area contributed by atoms with Gasteiger partial charge in [0.1, 0.15) is 0 Å². The smallest absolute Gasteiger partial charge is 0.243 e. The fourth-order valence-corrected chi connectivity index (χ4v) is 3.51. The van der Waals surface area contributed by atoms with Gasteiger partial charge in [-0.25, -0.2) is 8.42 Å². The molecule has 0 radical (unpaired) electrons. The molecule has 1 heterocycles. The van der Waals surface area contributed by atoms with Gasteiger partial charge in [0.05, 0.1) is 18.0 Å². The first-order valence-corrected chi connectivity index (χ1v) is 8.19. The quantitative estimate of drug-likeness (QED) is 0.647. The Balaban J connectivity index is 0.00000264. The van der Waals surface area contributed by atoms with Gasteiger partial charge in [0.25, 0.3) is 0 Å². The predicted octanol–water partition coefficient (Wildman–Crippen LogP) is -0.613. The van der Waals surface area contributed by atoms with Crippen molar-refractivity contribution >= 4 is 39.9 Å². The molecule has 1 aliphatic heterocycles. The number of carbonyl (C=O) groups excluding carboxylic acids is 2. The summed E-state index contributed by atoms with van der Waals surface area (Å²) in [6.45, 7) is 0.447. The topological polar surface area (TPSA) is 108 Å². The maximum Gasteiger partial charge on any atom is 0.243 e. The molecule has 1 aromatic carbocycles. The summed E-state index contributed by atoms with van der Waals surface area (Å²) in [6.07, 6.45) is 0. The molecule has 0 saturated carbocycles. The van der Waals surface area contributed by atoms with Crippen LogP contribution in [0.2, 0.25) is 0 Å². The number of hydrogen-bond acceptors (Lipinski definition) is 5. The van der Waals surface area contributed by atoms with E-state index in [2.05, 4.69) is 16.0 Å². The summed E-state index contributed by atoms with van der Waals surface area (Å²) in [5, 5.41) is 7.89. The van der Waals surface area contributed by atoms with Gasteiger partial charge in [0, 0.05) is 18.8 Å². The minimum Gasteiger partial charge on any atom is -0.354 e. The van der Waals surface area contributed by atoms with E-state index >= 15 is 0 Å². The fraction of sp³-hybridized carbons (Fsp3) is 0.385. The van der Waals surface area contributed by atoms with Crippen LogP contribution in [0.4, 0.5) is 5.69 Å². The Morgan fingerprint density at radius 1 is 1.39 bits per heavy atom. The van der Waals surface area contributed by atoms with Gasteiger partial charge in [-0.3, -0.25) is 9.59 Å². The van der Waals surface area contributed by atoms with Gasteiger partial charge in [-0.2, -0.15) is 4.31 Å². The number of carbonyl (C=O) groups is 2. The molecule has 8 nitrogen and oxygen atoms in total. The second-order valence-corrected chi connectivity index (χ2v) is 6.73. The van der Waals surface area contributed by atoms with E-state index in [4.69, 9.17) is 0 Å². The first-order chi connectivity index (χ1) is 10.4. The molecule has 0 atom stereocenters. The van der Waals surface area contributed by atoms with E-state index in [0.717, 1.165) is 4.31 Å². The maximum atomic E-state index is 12.5. The predicted molar refractivity (Wildman–Crippen MR) is 88.0 cm³/mol. The van der Waals surface area contributed by atoms with Gasteiger partial charge in [-0.15, -0.1) is 12.4 Å². The van der Waals surface area contributed by atoms with E-state index in [1.807, 2.05) is 0 Å². The van der Waals surface area contributed by atoms with Crippen molar-refractivity contribution < 1.29 is 18.0 Å². The average molecular weight is 363 g/mol. The normalized spacial score (nSPS) is 15.4. The summed E-state index contributed by atoms with van der Waals surface area (Å²) in [5.41, 5.74) is 0.391. The van der Waals surface area contributed by atoms with Crippen LogP contribution in [0.1, 0.15) is 0 Å². The van der Waals surface area contributed by atoms with Gasteiger partial charge in [-0.05, 0) is 25.2 Å². The minimum absolute atomic E-state index is 0. The van der Waals surface area contributed by atoms with E-state index in [-0.39, 0.29) is 55.3 Å². The third-order valence-corrected chi connectivity index (χ3v) is 4.94. The van der Waals surface area contributed by atoms with Crippen molar-refractivity contribution in [3.05, 3.63) is 24.3 Å². The van der Waals surface area contributed by atoms with E-state index in [1.54, 1.807) is 19.2 Å². The van der Waals surface area contributed by atoms with E-state index < -0.39 is 10.0 Å². The zero-order chi connectivity index (χ0) is 16.2. The monoisotopic (exact) mass is 362 g/mol. The molecular formula is C13H19ClN4O4S. The van der Waals surface area contributed by atoms with Crippen molar-refractivity contribution in [3.63, 3.8) is 0 Å². The Hall–Kier alpha value is -1.68. The van der Waals surface area contributed by atoms with Gasteiger partial charge in [0.15, 0.2) is 0 Å². The van der Waals surface area contributed by atoms with Gasteiger partial charge >= 0.3 is 0 Å². The molecule has 10 heteroatoms. The van der Waals surface area contributed by atoms with Crippen molar-refractivity contribution in [3.8, 4) is 0 Å². The standard InChI is InChI=1S/C13H18N4O4S.ClH/c1-14-8-12(18)16-10-3-2-4-11(7-10)22(20,21)17-6-5-15-13(19)9-17;/h2-4,7,14H,5-6,8-9H2,1H3,(H,15,19)(H,16,18);1H. The second kappa shape index (κ2) is 8.25. The molecule has 1 fully saturated rings. The van der Waals surface area contributed by atoms with E-state index in [1.165, 1.54) is 12.1 Å². The van der Waals surface area contributed by atoms with Gasteiger partial charge in [0.2, 0.25) is 21.8 Å². The van der Waals surface area contributed by atoms with Crippen LogP contribution in [0.25, 0.3) is 0 Å². The Morgan fingerprint density at radius 3 is 2.78 bits per heavy atom. The molecule has 1 aliphatic rings. The molecule has 1 aromatic rings. The van der Waals surface area contributed by atoms with Crippen LogP contribution < -0.4 is 16.0 Å². The molecule has 0 aromatic heterocycles. The highest BCUT2D eigenvalue weighted by atomic mass is 35.5. The van der Waals surface area contributed by atoms with Crippen LogP contribution in [-0.4, -0.2) is 57.8 Å². The number of likely N-dealkylation sites (N-methyl/N-ethyl adjacent to an activating group) is 1. The van der Waals surface area contributed by atoms with Crippen molar-refractivity contribution in [1.82, 2.24) is 14.9 Å². The number of rotatable bonds is 5. The van der Waals surface area contributed by atoms with E-state index in [9.17, 15) is 18.0 Å². The van der Waals surface area contributed by atoms with Crippen molar-refractivity contribution in [2.24, 2.45) is 0 Å². The molecule has 0 spiro atoms. The minimum atomic E-state index is -3.76. The Morgan fingerprint density at radius 2 is 2.13 bits per heavy atom. The Labute approximate surface area is 141 Å². The Kier molecular flexibility index (Phi) is 6.95. The number of halogens is 1. The lowest BCUT2D eigenvalue weighted by Crippen LogP contribution is -2.49.